The van der Waals surface area contributed by atoms with Crippen LogP contribution in [-0.2, 0) is 9.53 Å². The van der Waals surface area contributed by atoms with Gasteiger partial charge in [0.15, 0.2) is 0 Å². The van der Waals surface area contributed by atoms with Gasteiger partial charge in [0.2, 0.25) is 5.91 Å². The van der Waals surface area contributed by atoms with Gasteiger partial charge in [0.1, 0.15) is 10.8 Å². The van der Waals surface area contributed by atoms with E-state index >= 15 is 0 Å². The smallest absolute Gasteiger partial charge is 0.339 e. The lowest BCUT2D eigenvalue weighted by Crippen LogP contribution is -2.23. The number of aromatic nitrogens is 1. The molecule has 0 aliphatic rings. The fourth-order valence-electron chi connectivity index (χ4n) is 3.27. The molecule has 168 valence electrons. The number of carbonyl (C=O) groups excluding carboxylic acids is 2. The summed E-state index contributed by atoms with van der Waals surface area (Å²) < 4.78 is 11.4. The molecular weight excluding hydrogens is 438 g/mol. The van der Waals surface area contributed by atoms with E-state index in [4.69, 9.17) is 14.5 Å². The third kappa shape index (κ3) is 5.30. The van der Waals surface area contributed by atoms with Gasteiger partial charge in [-0.15, -0.1) is 11.3 Å². The molecule has 0 spiro atoms. The fraction of sp³-hybridized carbons (Fsp3) is 0.160. The minimum atomic E-state index is -0.501. The highest BCUT2D eigenvalue weighted by atomic mass is 32.1. The van der Waals surface area contributed by atoms with Crippen molar-refractivity contribution in [2.24, 2.45) is 0 Å². The summed E-state index contributed by atoms with van der Waals surface area (Å²) in [7, 11) is 1.30. The maximum atomic E-state index is 12.4. The lowest BCUT2D eigenvalue weighted by Gasteiger charge is -2.11. The average molecular weight is 462 g/mol. The molecule has 0 aliphatic heterocycles. The van der Waals surface area contributed by atoms with Gasteiger partial charge in [0, 0.05) is 11.3 Å². The standard InChI is InChI=1S/C25H23N3O4S/c1-3-32-18-12-13-21-22(14-18)33-24(28-21)16-8-10-17(11-9-16)26-15-23(29)27-20-7-5-4-6-19(20)25(30)31-2/h4-14,26H,3,15H2,1-2H3,(H,27,29). The Labute approximate surface area is 195 Å². The number of hydrogen-bond acceptors (Lipinski definition) is 7. The first-order valence-corrected chi connectivity index (χ1v) is 11.2. The Hall–Kier alpha value is -3.91. The maximum absolute atomic E-state index is 12.4. The number of nitrogens with one attached hydrogen (secondary N) is 2. The van der Waals surface area contributed by atoms with Crippen molar-refractivity contribution < 1.29 is 19.1 Å². The predicted molar refractivity (Wildman–Crippen MR) is 131 cm³/mol. The number of hydrogen-bond donors (Lipinski definition) is 2. The van der Waals surface area contributed by atoms with Crippen LogP contribution in [-0.4, -0.2) is 37.1 Å². The molecule has 8 heteroatoms. The van der Waals surface area contributed by atoms with Crippen LogP contribution in [0, 0.1) is 0 Å². The molecule has 33 heavy (non-hydrogen) atoms. The predicted octanol–water partition coefficient (Wildman–Crippen LogP) is 5.20. The SMILES string of the molecule is CCOc1ccc2nc(-c3ccc(NCC(=O)Nc4ccccc4C(=O)OC)cc3)sc2c1. The lowest BCUT2D eigenvalue weighted by molar-refractivity contribution is -0.114. The third-order valence-corrected chi connectivity index (χ3v) is 5.93. The van der Waals surface area contributed by atoms with Gasteiger partial charge in [-0.05, 0) is 61.5 Å². The summed E-state index contributed by atoms with van der Waals surface area (Å²) in [4.78, 5) is 28.9. The number of fused-ring (bicyclic) bond motifs is 1. The zero-order valence-corrected chi connectivity index (χ0v) is 19.1. The topological polar surface area (TPSA) is 89.5 Å². The quantitative estimate of drug-likeness (QED) is 0.351. The van der Waals surface area contributed by atoms with Crippen LogP contribution in [0.25, 0.3) is 20.8 Å². The van der Waals surface area contributed by atoms with E-state index in [1.165, 1.54) is 7.11 Å². The van der Waals surface area contributed by atoms with Gasteiger partial charge in [-0.1, -0.05) is 12.1 Å². The summed E-state index contributed by atoms with van der Waals surface area (Å²) in [5.74, 6) is 0.0670. The van der Waals surface area contributed by atoms with Crippen molar-refractivity contribution in [2.75, 3.05) is 30.9 Å². The summed E-state index contributed by atoms with van der Waals surface area (Å²) in [6, 6.07) is 20.4. The number of rotatable bonds is 8. The van der Waals surface area contributed by atoms with Crippen molar-refractivity contribution in [3.8, 4) is 16.3 Å². The lowest BCUT2D eigenvalue weighted by atomic mass is 10.2. The summed E-state index contributed by atoms with van der Waals surface area (Å²) in [6.45, 7) is 2.64. The van der Waals surface area contributed by atoms with Crippen LogP contribution < -0.4 is 15.4 Å². The summed E-state index contributed by atoms with van der Waals surface area (Å²) in [5.41, 5.74) is 3.45. The van der Waals surface area contributed by atoms with Crippen molar-refractivity contribution in [1.29, 1.82) is 0 Å². The van der Waals surface area contributed by atoms with Crippen molar-refractivity contribution >= 4 is 44.8 Å². The zero-order valence-electron chi connectivity index (χ0n) is 18.3. The highest BCUT2D eigenvalue weighted by Gasteiger charge is 2.13. The minimum Gasteiger partial charge on any atom is -0.494 e. The molecule has 0 aliphatic carbocycles. The Bertz CT molecular complexity index is 1280. The number of amides is 1. The van der Waals surface area contributed by atoms with E-state index in [0.717, 1.165) is 32.2 Å². The maximum Gasteiger partial charge on any atom is 0.339 e. The van der Waals surface area contributed by atoms with E-state index in [0.29, 0.717) is 17.9 Å². The first kappa shape index (κ1) is 22.3. The third-order valence-electron chi connectivity index (χ3n) is 4.86. The van der Waals surface area contributed by atoms with Crippen LogP contribution in [0.4, 0.5) is 11.4 Å². The molecule has 0 radical (unpaired) electrons. The second kappa shape index (κ2) is 10.1. The summed E-state index contributed by atoms with van der Waals surface area (Å²) >= 11 is 1.61. The van der Waals surface area contributed by atoms with Gasteiger partial charge >= 0.3 is 5.97 Å². The van der Waals surface area contributed by atoms with Crippen LogP contribution in [0.3, 0.4) is 0 Å². The Kier molecular flexibility index (Phi) is 6.85. The van der Waals surface area contributed by atoms with Gasteiger partial charge in [-0.3, -0.25) is 4.79 Å². The summed E-state index contributed by atoms with van der Waals surface area (Å²) in [5, 5.41) is 6.75. The van der Waals surface area contributed by atoms with Gasteiger partial charge in [-0.25, -0.2) is 9.78 Å². The summed E-state index contributed by atoms with van der Waals surface area (Å²) in [6.07, 6.45) is 0. The van der Waals surface area contributed by atoms with E-state index in [2.05, 4.69) is 10.6 Å². The highest BCUT2D eigenvalue weighted by molar-refractivity contribution is 7.21. The number of carbonyl (C=O) groups is 2. The van der Waals surface area contributed by atoms with Crippen molar-refractivity contribution in [1.82, 2.24) is 4.98 Å². The van der Waals surface area contributed by atoms with E-state index in [-0.39, 0.29) is 12.5 Å². The Morgan fingerprint density at radius 2 is 1.82 bits per heavy atom. The monoisotopic (exact) mass is 461 g/mol. The molecule has 0 unspecified atom stereocenters. The largest absolute Gasteiger partial charge is 0.494 e. The van der Waals surface area contributed by atoms with Crippen molar-refractivity contribution in [3.05, 3.63) is 72.3 Å². The van der Waals surface area contributed by atoms with Crippen LogP contribution in [0.2, 0.25) is 0 Å². The molecule has 0 fully saturated rings. The average Bonchev–Trinajstić information content (AvgIpc) is 3.26. The number of para-hydroxylation sites is 1. The molecule has 0 atom stereocenters. The molecule has 1 aromatic heterocycles. The molecule has 1 amide bonds. The van der Waals surface area contributed by atoms with E-state index in [9.17, 15) is 9.59 Å². The van der Waals surface area contributed by atoms with Crippen LogP contribution in [0.1, 0.15) is 17.3 Å². The number of benzene rings is 3. The zero-order chi connectivity index (χ0) is 23.2. The number of anilines is 2. The van der Waals surface area contributed by atoms with E-state index in [1.807, 2.05) is 49.4 Å². The Morgan fingerprint density at radius 3 is 2.58 bits per heavy atom. The van der Waals surface area contributed by atoms with Crippen LogP contribution in [0.5, 0.6) is 5.75 Å². The van der Waals surface area contributed by atoms with Gasteiger partial charge < -0.3 is 20.1 Å². The van der Waals surface area contributed by atoms with Gasteiger partial charge in [-0.2, -0.15) is 0 Å². The Morgan fingerprint density at radius 1 is 1.03 bits per heavy atom. The number of esters is 1. The molecule has 0 saturated carbocycles. The Balaban J connectivity index is 1.39. The van der Waals surface area contributed by atoms with Crippen molar-refractivity contribution in [3.63, 3.8) is 0 Å². The first-order valence-electron chi connectivity index (χ1n) is 10.4. The molecule has 1 heterocycles. The first-order chi connectivity index (χ1) is 16.1. The number of ether oxygens (including phenoxy) is 2. The van der Waals surface area contributed by atoms with Gasteiger partial charge in [0.25, 0.3) is 0 Å². The number of thiazole rings is 1. The molecule has 4 rings (SSSR count). The highest BCUT2D eigenvalue weighted by Crippen LogP contribution is 2.32. The minimum absolute atomic E-state index is 0.0518. The molecule has 0 saturated heterocycles. The van der Waals surface area contributed by atoms with Crippen LogP contribution in [0.15, 0.2) is 66.7 Å². The van der Waals surface area contributed by atoms with Crippen LogP contribution >= 0.6 is 11.3 Å². The number of nitrogens with zero attached hydrogens (tertiary/aromatic N) is 1. The molecule has 7 nitrogen and oxygen atoms in total. The second-order valence-corrected chi connectivity index (χ2v) is 8.13. The van der Waals surface area contributed by atoms with Crippen molar-refractivity contribution in [2.45, 2.75) is 6.92 Å². The molecule has 4 aromatic rings. The second-order valence-electron chi connectivity index (χ2n) is 7.10. The normalized spacial score (nSPS) is 10.6. The molecule has 3 aromatic carbocycles. The fourth-order valence-corrected chi connectivity index (χ4v) is 4.27. The van der Waals surface area contributed by atoms with E-state index < -0.39 is 5.97 Å². The van der Waals surface area contributed by atoms with E-state index in [1.54, 1.807) is 35.6 Å². The number of methoxy groups -OCH3 is 1. The molecular formula is C25H23N3O4S. The molecule has 2 N–H and O–H groups in total. The molecule has 0 bridgehead atoms. The van der Waals surface area contributed by atoms with Gasteiger partial charge in [0.05, 0.1) is 41.7 Å².